The zero-order chi connectivity index (χ0) is 28.9. The number of ether oxygens (including phenoxy) is 10. The molecule has 0 rings (SSSR count). The van der Waals surface area contributed by atoms with E-state index >= 15 is 0 Å². The molecule has 0 aromatic carbocycles. The van der Waals surface area contributed by atoms with Gasteiger partial charge in [-0.05, 0) is 34.9 Å². The number of rotatable bonds is 30. The van der Waals surface area contributed by atoms with Gasteiger partial charge in [0, 0.05) is 6.54 Å². The molecule has 0 saturated heterocycles. The second kappa shape index (κ2) is 28.6. The summed E-state index contributed by atoms with van der Waals surface area (Å²) < 4.78 is 54.1. The van der Waals surface area contributed by atoms with Crippen molar-refractivity contribution in [3.8, 4) is 0 Å². The van der Waals surface area contributed by atoms with Crippen molar-refractivity contribution in [3.63, 3.8) is 0 Å². The number of hydrogen-bond donors (Lipinski definition) is 0. The molecule has 0 aliphatic heterocycles. The lowest BCUT2D eigenvalue weighted by Crippen LogP contribution is -2.24. The van der Waals surface area contributed by atoms with Gasteiger partial charge in [0.25, 0.3) is 0 Å². The van der Waals surface area contributed by atoms with Crippen LogP contribution in [0.15, 0.2) is 0 Å². The minimum atomic E-state index is -0.468. The third kappa shape index (κ3) is 35.0. The minimum absolute atomic E-state index is 0.237. The van der Waals surface area contributed by atoms with Crippen LogP contribution in [0.1, 0.15) is 27.2 Å². The molecule has 0 atom stereocenters. The Bertz CT molecular complexity index is 518. The van der Waals surface area contributed by atoms with Gasteiger partial charge in [-0.25, -0.2) is 0 Å². The average molecular weight is 570 g/mol. The van der Waals surface area contributed by atoms with Gasteiger partial charge in [0.05, 0.1) is 125 Å². The van der Waals surface area contributed by atoms with Crippen molar-refractivity contribution in [2.24, 2.45) is 0 Å². The SMILES string of the molecule is CN(C)CCOCCOCCOCCOCCOCCOCCOCCOCCOCCC(=O)OC(C)(C)C. The summed E-state index contributed by atoms with van der Waals surface area (Å²) in [6, 6.07) is 0. The second-order valence-electron chi connectivity index (χ2n) is 9.65. The van der Waals surface area contributed by atoms with Gasteiger partial charge in [0.1, 0.15) is 5.60 Å². The summed E-state index contributed by atoms with van der Waals surface area (Å²) >= 11 is 0. The molecule has 0 aliphatic rings. The van der Waals surface area contributed by atoms with Crippen LogP contribution in [0.2, 0.25) is 0 Å². The van der Waals surface area contributed by atoms with E-state index in [-0.39, 0.29) is 12.4 Å². The van der Waals surface area contributed by atoms with Gasteiger partial charge in [-0.3, -0.25) is 4.79 Å². The molecule has 0 fully saturated rings. The van der Waals surface area contributed by atoms with Crippen LogP contribution in [0.3, 0.4) is 0 Å². The van der Waals surface area contributed by atoms with Gasteiger partial charge in [-0.1, -0.05) is 0 Å². The Balaban J connectivity index is 3.10. The summed E-state index contributed by atoms with van der Waals surface area (Å²) in [4.78, 5) is 13.6. The Labute approximate surface area is 235 Å². The Morgan fingerprint density at radius 2 is 0.718 bits per heavy atom. The lowest BCUT2D eigenvalue weighted by atomic mass is 10.2. The largest absolute Gasteiger partial charge is 0.460 e. The quantitative estimate of drug-likeness (QED) is 0.0921. The van der Waals surface area contributed by atoms with E-state index < -0.39 is 5.60 Å². The van der Waals surface area contributed by atoms with Crippen LogP contribution in [0.5, 0.6) is 0 Å². The van der Waals surface area contributed by atoms with Crippen LogP contribution in [-0.4, -0.2) is 156 Å². The lowest BCUT2D eigenvalue weighted by Gasteiger charge is -2.19. The van der Waals surface area contributed by atoms with Crippen molar-refractivity contribution < 1.29 is 52.2 Å². The number of carbonyl (C=O) groups is 1. The standard InChI is InChI=1S/C27H55NO11/c1-27(2,3)39-26(29)6-8-30-10-12-32-14-16-34-18-20-36-22-24-38-25-23-37-21-19-35-17-15-33-13-11-31-9-7-28(4)5/h6-25H2,1-5H3. The van der Waals surface area contributed by atoms with Crippen LogP contribution in [0.25, 0.3) is 0 Å². The van der Waals surface area contributed by atoms with Gasteiger partial charge in [0.2, 0.25) is 0 Å². The predicted molar refractivity (Wildman–Crippen MR) is 146 cm³/mol. The maximum atomic E-state index is 11.5. The fourth-order valence-corrected chi connectivity index (χ4v) is 2.66. The van der Waals surface area contributed by atoms with Crippen molar-refractivity contribution in [2.75, 3.05) is 140 Å². The van der Waals surface area contributed by atoms with Crippen LogP contribution in [0, 0.1) is 0 Å². The first-order valence-corrected chi connectivity index (χ1v) is 13.9. The fourth-order valence-electron chi connectivity index (χ4n) is 2.66. The topological polar surface area (TPSA) is 113 Å². The van der Waals surface area contributed by atoms with Crippen molar-refractivity contribution >= 4 is 5.97 Å². The highest BCUT2D eigenvalue weighted by Crippen LogP contribution is 2.08. The molecule has 12 heteroatoms. The van der Waals surface area contributed by atoms with Crippen molar-refractivity contribution in [2.45, 2.75) is 32.8 Å². The fraction of sp³-hybridized carbons (Fsp3) is 0.963. The molecule has 0 amide bonds. The Morgan fingerprint density at radius 3 is 0.974 bits per heavy atom. The predicted octanol–water partition coefficient (Wildman–Crippen LogP) is 1.43. The highest BCUT2D eigenvalue weighted by atomic mass is 16.6. The van der Waals surface area contributed by atoms with Gasteiger partial charge >= 0.3 is 5.97 Å². The van der Waals surface area contributed by atoms with Crippen molar-refractivity contribution in [1.82, 2.24) is 4.90 Å². The molecule has 0 aromatic rings. The summed E-state index contributed by atoms with van der Waals surface area (Å²) in [5.74, 6) is -0.261. The first-order valence-electron chi connectivity index (χ1n) is 13.9. The summed E-state index contributed by atoms with van der Waals surface area (Å²) in [5.41, 5.74) is -0.468. The first-order chi connectivity index (χ1) is 18.8. The molecule has 12 nitrogen and oxygen atoms in total. The van der Waals surface area contributed by atoms with E-state index in [9.17, 15) is 4.79 Å². The van der Waals surface area contributed by atoms with Crippen molar-refractivity contribution in [1.29, 1.82) is 0 Å². The average Bonchev–Trinajstić information content (AvgIpc) is 2.86. The minimum Gasteiger partial charge on any atom is -0.460 e. The second-order valence-corrected chi connectivity index (χ2v) is 9.65. The van der Waals surface area contributed by atoms with Crippen molar-refractivity contribution in [3.05, 3.63) is 0 Å². The maximum absolute atomic E-state index is 11.5. The van der Waals surface area contributed by atoms with Crippen LogP contribution in [-0.2, 0) is 52.2 Å². The molecule has 0 bridgehead atoms. The third-order valence-corrected chi connectivity index (χ3v) is 4.53. The number of esters is 1. The maximum Gasteiger partial charge on any atom is 0.308 e. The van der Waals surface area contributed by atoms with Gasteiger partial charge in [-0.2, -0.15) is 0 Å². The molecular weight excluding hydrogens is 514 g/mol. The van der Waals surface area contributed by atoms with Gasteiger partial charge < -0.3 is 52.3 Å². The zero-order valence-corrected chi connectivity index (χ0v) is 25.1. The Kier molecular flexibility index (Phi) is 27.9. The summed E-state index contributed by atoms with van der Waals surface area (Å²) in [6.07, 6.45) is 0.237. The lowest BCUT2D eigenvalue weighted by molar-refractivity contribution is -0.156. The number of carbonyl (C=O) groups excluding carboxylic acids is 1. The number of hydrogen-bond acceptors (Lipinski definition) is 12. The Hall–Kier alpha value is -0.930. The molecule has 0 radical (unpaired) electrons. The molecule has 39 heavy (non-hydrogen) atoms. The summed E-state index contributed by atoms with van der Waals surface area (Å²) in [7, 11) is 4.04. The van der Waals surface area contributed by atoms with E-state index in [1.807, 2.05) is 34.9 Å². The molecule has 0 heterocycles. The van der Waals surface area contributed by atoms with Gasteiger partial charge in [-0.15, -0.1) is 0 Å². The monoisotopic (exact) mass is 569 g/mol. The zero-order valence-electron chi connectivity index (χ0n) is 25.1. The van der Waals surface area contributed by atoms with Crippen LogP contribution < -0.4 is 0 Å². The van der Waals surface area contributed by atoms with Gasteiger partial charge in [0.15, 0.2) is 0 Å². The van der Waals surface area contributed by atoms with E-state index in [1.165, 1.54) is 0 Å². The van der Waals surface area contributed by atoms with E-state index in [4.69, 9.17) is 47.4 Å². The van der Waals surface area contributed by atoms with Crippen LogP contribution in [0.4, 0.5) is 0 Å². The van der Waals surface area contributed by atoms with Crippen LogP contribution >= 0.6 is 0 Å². The van der Waals surface area contributed by atoms with E-state index in [0.29, 0.717) is 119 Å². The number of nitrogens with zero attached hydrogens (tertiary/aromatic N) is 1. The molecule has 0 aromatic heterocycles. The molecule has 0 unspecified atom stereocenters. The van der Waals surface area contributed by atoms with E-state index in [1.54, 1.807) is 0 Å². The molecule has 0 aliphatic carbocycles. The Morgan fingerprint density at radius 1 is 0.462 bits per heavy atom. The molecule has 0 saturated carbocycles. The smallest absolute Gasteiger partial charge is 0.308 e. The molecule has 0 spiro atoms. The molecule has 0 N–H and O–H groups in total. The summed E-state index contributed by atoms with van der Waals surface area (Å²) in [5, 5.41) is 0. The highest BCUT2D eigenvalue weighted by Gasteiger charge is 2.15. The first kappa shape index (κ1) is 38.1. The normalized spacial score (nSPS) is 11.9. The highest BCUT2D eigenvalue weighted by molar-refractivity contribution is 5.69. The van der Waals surface area contributed by atoms with E-state index in [0.717, 1.165) is 6.54 Å². The van der Waals surface area contributed by atoms with E-state index in [2.05, 4.69) is 4.90 Å². The number of likely N-dealkylation sites (N-methyl/N-ethyl adjacent to an activating group) is 1. The molecular formula is C27H55NO11. The third-order valence-electron chi connectivity index (χ3n) is 4.53. The molecule has 234 valence electrons. The summed E-state index contributed by atoms with van der Waals surface area (Å²) in [6.45, 7) is 15.7.